The van der Waals surface area contributed by atoms with Gasteiger partial charge >= 0.3 is 0 Å². The molecule has 1 aromatic rings. The highest BCUT2D eigenvalue weighted by atomic mass is 16.5. The molecule has 21 heavy (non-hydrogen) atoms. The van der Waals surface area contributed by atoms with Gasteiger partial charge in [0.2, 0.25) is 0 Å². The fraction of sp³-hybridized carbons (Fsp3) is 0.667. The zero-order valence-electron chi connectivity index (χ0n) is 13.7. The van der Waals surface area contributed by atoms with Crippen molar-refractivity contribution in [3.63, 3.8) is 0 Å². The Morgan fingerprint density at radius 3 is 2.43 bits per heavy atom. The standard InChI is InChI=1S/C18H28O3/c1-14(19)18(10-5-11-20-12-18)13-21-16-8-6-15(7-9-16)17(2,3)4/h6-9,14,19H,5,10-13H2,1-4H3. The summed E-state index contributed by atoms with van der Waals surface area (Å²) in [5.74, 6) is 0.855. The lowest BCUT2D eigenvalue weighted by molar-refractivity contribution is -0.0949. The molecule has 3 nitrogen and oxygen atoms in total. The van der Waals surface area contributed by atoms with Crippen molar-refractivity contribution < 1.29 is 14.6 Å². The lowest BCUT2D eigenvalue weighted by Gasteiger charge is -2.39. The Hall–Kier alpha value is -1.06. The van der Waals surface area contributed by atoms with Crippen molar-refractivity contribution in [2.45, 2.75) is 52.1 Å². The third kappa shape index (κ3) is 3.98. The molecule has 1 aliphatic rings. The van der Waals surface area contributed by atoms with Crippen molar-refractivity contribution in [1.29, 1.82) is 0 Å². The maximum atomic E-state index is 10.1. The molecule has 0 aromatic heterocycles. The minimum absolute atomic E-state index is 0.149. The van der Waals surface area contributed by atoms with Crippen molar-refractivity contribution in [2.75, 3.05) is 19.8 Å². The van der Waals surface area contributed by atoms with Crippen LogP contribution >= 0.6 is 0 Å². The molecule has 1 aliphatic heterocycles. The average molecular weight is 292 g/mol. The molecule has 1 heterocycles. The van der Waals surface area contributed by atoms with E-state index in [0.29, 0.717) is 13.2 Å². The first-order valence-corrected chi connectivity index (χ1v) is 7.83. The second-order valence-corrected chi connectivity index (χ2v) is 7.26. The molecule has 0 aliphatic carbocycles. The van der Waals surface area contributed by atoms with E-state index in [1.165, 1.54) is 5.56 Å². The van der Waals surface area contributed by atoms with E-state index in [2.05, 4.69) is 32.9 Å². The summed E-state index contributed by atoms with van der Waals surface area (Å²) < 4.78 is 11.5. The predicted molar refractivity (Wildman–Crippen MR) is 84.8 cm³/mol. The molecule has 1 N–H and O–H groups in total. The van der Waals surface area contributed by atoms with E-state index in [1.807, 2.05) is 19.1 Å². The minimum Gasteiger partial charge on any atom is -0.493 e. The highest BCUT2D eigenvalue weighted by Gasteiger charge is 2.38. The van der Waals surface area contributed by atoms with Crippen molar-refractivity contribution >= 4 is 0 Å². The van der Waals surface area contributed by atoms with Gasteiger partial charge in [0.15, 0.2) is 0 Å². The second kappa shape index (κ2) is 6.37. The molecule has 2 atom stereocenters. The van der Waals surface area contributed by atoms with E-state index in [4.69, 9.17) is 9.47 Å². The number of hydrogen-bond acceptors (Lipinski definition) is 3. The fourth-order valence-electron chi connectivity index (χ4n) is 2.72. The SMILES string of the molecule is CC(O)C1(COc2ccc(C(C)(C)C)cc2)CCCOC1. The van der Waals surface area contributed by atoms with Crippen LogP contribution in [0, 0.1) is 5.41 Å². The molecular weight excluding hydrogens is 264 g/mol. The molecule has 1 aromatic carbocycles. The van der Waals surface area contributed by atoms with Crippen LogP contribution in [0.2, 0.25) is 0 Å². The summed E-state index contributed by atoms with van der Waals surface area (Å²) in [5, 5.41) is 10.1. The molecule has 3 heteroatoms. The third-order valence-electron chi connectivity index (χ3n) is 4.49. The van der Waals surface area contributed by atoms with Gasteiger partial charge in [-0.15, -0.1) is 0 Å². The zero-order chi connectivity index (χ0) is 15.5. The van der Waals surface area contributed by atoms with E-state index in [9.17, 15) is 5.11 Å². The molecule has 0 bridgehead atoms. The van der Waals surface area contributed by atoms with Crippen molar-refractivity contribution in [2.24, 2.45) is 5.41 Å². The summed E-state index contributed by atoms with van der Waals surface area (Å²) in [6.45, 7) is 10.3. The van der Waals surface area contributed by atoms with Crippen molar-refractivity contribution in [3.8, 4) is 5.75 Å². The summed E-state index contributed by atoms with van der Waals surface area (Å²) in [7, 11) is 0. The molecule has 0 spiro atoms. The molecule has 1 saturated heterocycles. The van der Waals surface area contributed by atoms with Crippen LogP contribution in [-0.2, 0) is 10.2 Å². The lowest BCUT2D eigenvalue weighted by Crippen LogP contribution is -2.45. The van der Waals surface area contributed by atoms with Gasteiger partial charge in [-0.3, -0.25) is 0 Å². The molecule has 0 saturated carbocycles. The first-order chi connectivity index (χ1) is 9.83. The van der Waals surface area contributed by atoms with Gasteiger partial charge in [-0.05, 0) is 42.9 Å². The number of benzene rings is 1. The summed E-state index contributed by atoms with van der Waals surface area (Å²) in [6, 6.07) is 8.25. The minimum atomic E-state index is -0.424. The maximum absolute atomic E-state index is 10.1. The van der Waals surface area contributed by atoms with Crippen LogP contribution < -0.4 is 4.74 Å². The lowest BCUT2D eigenvalue weighted by atomic mass is 9.79. The van der Waals surface area contributed by atoms with Crippen LogP contribution in [0.15, 0.2) is 24.3 Å². The van der Waals surface area contributed by atoms with Gasteiger partial charge in [0.1, 0.15) is 5.75 Å². The average Bonchev–Trinajstić information content (AvgIpc) is 2.45. The van der Waals surface area contributed by atoms with Crippen LogP contribution in [0.3, 0.4) is 0 Å². The molecule has 2 unspecified atom stereocenters. The number of ether oxygens (including phenoxy) is 2. The van der Waals surface area contributed by atoms with Gasteiger partial charge in [0.05, 0.1) is 24.7 Å². The largest absolute Gasteiger partial charge is 0.493 e. The Balaban J connectivity index is 2.01. The quantitative estimate of drug-likeness (QED) is 0.922. The monoisotopic (exact) mass is 292 g/mol. The highest BCUT2D eigenvalue weighted by Crippen LogP contribution is 2.33. The number of hydrogen-bond donors (Lipinski definition) is 1. The van der Waals surface area contributed by atoms with E-state index in [1.54, 1.807) is 0 Å². The third-order valence-corrected chi connectivity index (χ3v) is 4.49. The maximum Gasteiger partial charge on any atom is 0.119 e. The topological polar surface area (TPSA) is 38.7 Å². The van der Waals surface area contributed by atoms with E-state index < -0.39 is 6.10 Å². The van der Waals surface area contributed by atoms with E-state index in [0.717, 1.165) is 25.2 Å². The summed E-state index contributed by atoms with van der Waals surface area (Å²) in [6.07, 6.45) is 1.51. The Morgan fingerprint density at radius 2 is 1.95 bits per heavy atom. The van der Waals surface area contributed by atoms with Crippen molar-refractivity contribution in [1.82, 2.24) is 0 Å². The Labute approximate surface area is 128 Å². The first-order valence-electron chi connectivity index (χ1n) is 7.83. The molecule has 118 valence electrons. The number of aliphatic hydroxyl groups excluding tert-OH is 1. The van der Waals surface area contributed by atoms with Crippen LogP contribution in [0.5, 0.6) is 5.75 Å². The van der Waals surface area contributed by atoms with Gasteiger partial charge < -0.3 is 14.6 Å². The van der Waals surface area contributed by atoms with Gasteiger partial charge in [0, 0.05) is 6.61 Å². The Kier molecular flexibility index (Phi) is 4.95. The highest BCUT2D eigenvalue weighted by molar-refractivity contribution is 5.31. The van der Waals surface area contributed by atoms with Crippen LogP contribution in [0.1, 0.15) is 46.1 Å². The normalized spacial score (nSPS) is 24.6. The van der Waals surface area contributed by atoms with Gasteiger partial charge in [-0.2, -0.15) is 0 Å². The Morgan fingerprint density at radius 1 is 1.29 bits per heavy atom. The zero-order valence-corrected chi connectivity index (χ0v) is 13.7. The van der Waals surface area contributed by atoms with E-state index >= 15 is 0 Å². The first kappa shape index (κ1) is 16.3. The van der Waals surface area contributed by atoms with E-state index in [-0.39, 0.29) is 10.8 Å². The van der Waals surface area contributed by atoms with Crippen LogP contribution in [0.25, 0.3) is 0 Å². The van der Waals surface area contributed by atoms with Crippen LogP contribution in [-0.4, -0.2) is 31.0 Å². The Bertz CT molecular complexity index is 437. The second-order valence-electron chi connectivity index (χ2n) is 7.26. The van der Waals surface area contributed by atoms with Gasteiger partial charge in [-0.25, -0.2) is 0 Å². The molecule has 0 radical (unpaired) electrons. The summed E-state index contributed by atoms with van der Waals surface area (Å²) >= 11 is 0. The molecular formula is C18H28O3. The molecule has 1 fully saturated rings. The molecule has 0 amide bonds. The molecule has 2 rings (SSSR count). The van der Waals surface area contributed by atoms with Crippen LogP contribution in [0.4, 0.5) is 0 Å². The fourth-order valence-corrected chi connectivity index (χ4v) is 2.72. The number of rotatable bonds is 4. The van der Waals surface area contributed by atoms with Crippen molar-refractivity contribution in [3.05, 3.63) is 29.8 Å². The summed E-state index contributed by atoms with van der Waals surface area (Å²) in [5.41, 5.74) is 1.17. The number of aliphatic hydroxyl groups is 1. The predicted octanol–water partition coefficient (Wildman–Crippen LogP) is 3.54. The van der Waals surface area contributed by atoms with Gasteiger partial charge in [0.25, 0.3) is 0 Å². The smallest absolute Gasteiger partial charge is 0.119 e. The summed E-state index contributed by atoms with van der Waals surface area (Å²) in [4.78, 5) is 0. The van der Waals surface area contributed by atoms with Gasteiger partial charge in [-0.1, -0.05) is 32.9 Å².